The van der Waals surface area contributed by atoms with Crippen molar-refractivity contribution in [3.63, 3.8) is 0 Å². The van der Waals surface area contributed by atoms with Gasteiger partial charge in [-0.05, 0) is 30.6 Å². The summed E-state index contributed by atoms with van der Waals surface area (Å²) in [5.74, 6) is -0.181. The van der Waals surface area contributed by atoms with Crippen LogP contribution < -0.4 is 0 Å². The van der Waals surface area contributed by atoms with Crippen LogP contribution in [0.5, 0.6) is 0 Å². The Morgan fingerprint density at radius 1 is 1.04 bits per heavy atom. The average molecular weight is 348 g/mol. The van der Waals surface area contributed by atoms with E-state index in [1.54, 1.807) is 7.05 Å². The van der Waals surface area contributed by atoms with E-state index in [1.807, 2.05) is 6.92 Å². The van der Waals surface area contributed by atoms with Gasteiger partial charge in [-0.2, -0.15) is 0 Å². The van der Waals surface area contributed by atoms with E-state index in [0.717, 1.165) is 6.42 Å². The molecule has 0 aliphatic carbocycles. The second-order valence-electron chi connectivity index (χ2n) is 8.59. The first-order valence-corrected chi connectivity index (χ1v) is 8.35. The van der Waals surface area contributed by atoms with E-state index in [4.69, 9.17) is 4.74 Å². The molecule has 0 aromatic carbocycles. The molecule has 0 rings (SSSR count). The fourth-order valence-corrected chi connectivity index (χ4v) is 2.63. The van der Waals surface area contributed by atoms with Crippen molar-refractivity contribution in [1.82, 2.24) is 4.90 Å². The first kappa shape index (κ1) is 22.1. The first-order chi connectivity index (χ1) is 10.2. The molecule has 136 valence electrons. The van der Waals surface area contributed by atoms with E-state index in [9.17, 15) is 9.59 Å². The molecule has 0 fully saturated rings. The van der Waals surface area contributed by atoms with Crippen LogP contribution in [0.25, 0.3) is 0 Å². The molecule has 1 unspecified atom stereocenters. The van der Waals surface area contributed by atoms with Crippen molar-refractivity contribution in [2.75, 3.05) is 20.2 Å². The Morgan fingerprint density at radius 2 is 1.57 bits per heavy atom. The van der Waals surface area contributed by atoms with Gasteiger partial charge in [0.2, 0.25) is 0 Å². The third-order valence-electron chi connectivity index (χ3n) is 4.25. The average Bonchev–Trinajstić information content (AvgIpc) is 2.38. The van der Waals surface area contributed by atoms with Crippen LogP contribution >= 0.6 is 12.9 Å². The molecular formula is C17H33NO4S. The molecule has 1 amide bonds. The third-order valence-corrected chi connectivity index (χ3v) is 4.41. The predicted molar refractivity (Wildman–Crippen MR) is 95.3 cm³/mol. The zero-order valence-corrected chi connectivity index (χ0v) is 16.8. The normalized spacial score (nSPS) is 14.8. The van der Waals surface area contributed by atoms with Gasteiger partial charge in [0.05, 0.1) is 12.0 Å². The number of ether oxygens (including phenoxy) is 1. The molecule has 23 heavy (non-hydrogen) atoms. The second-order valence-corrected chi connectivity index (χ2v) is 8.77. The van der Waals surface area contributed by atoms with E-state index < -0.39 is 11.5 Å². The molecule has 0 aliphatic rings. The summed E-state index contributed by atoms with van der Waals surface area (Å²) in [7, 11) is 1.61. The van der Waals surface area contributed by atoms with Crippen molar-refractivity contribution in [2.24, 2.45) is 16.2 Å². The summed E-state index contributed by atoms with van der Waals surface area (Å²) in [6, 6.07) is 0. The molecule has 0 heterocycles. The summed E-state index contributed by atoms with van der Waals surface area (Å²) in [5, 5.41) is 0. The molecule has 0 aliphatic heterocycles. The maximum Gasteiger partial charge on any atom is 0.421 e. The largest absolute Gasteiger partial charge is 0.465 e. The number of rotatable bonds is 6. The van der Waals surface area contributed by atoms with Crippen LogP contribution in [0.2, 0.25) is 0 Å². The van der Waals surface area contributed by atoms with Crippen molar-refractivity contribution < 1.29 is 18.5 Å². The van der Waals surface area contributed by atoms with Crippen LogP contribution in [-0.2, 0) is 13.7 Å². The van der Waals surface area contributed by atoms with Crippen LogP contribution in [-0.4, -0.2) is 37.2 Å². The molecule has 0 spiro atoms. The highest BCUT2D eigenvalue weighted by molar-refractivity contribution is 7.75. The number of nitrogens with zero attached hydrogens (tertiary/aromatic N) is 1. The Bertz CT molecular complexity index is 412. The van der Waals surface area contributed by atoms with Gasteiger partial charge < -0.3 is 13.8 Å². The molecule has 0 aromatic heterocycles. The lowest BCUT2D eigenvalue weighted by Crippen LogP contribution is -2.44. The van der Waals surface area contributed by atoms with Crippen molar-refractivity contribution >= 4 is 25.0 Å². The Balaban J connectivity index is 4.68. The highest BCUT2D eigenvalue weighted by Gasteiger charge is 2.47. The topological polar surface area (TPSA) is 55.8 Å². The zero-order chi connectivity index (χ0) is 18.5. The van der Waals surface area contributed by atoms with Crippen LogP contribution in [0.4, 0.5) is 4.79 Å². The first-order valence-electron chi connectivity index (χ1n) is 7.98. The lowest BCUT2D eigenvalue weighted by Gasteiger charge is -2.43. The van der Waals surface area contributed by atoms with Crippen molar-refractivity contribution in [3.05, 3.63) is 0 Å². The van der Waals surface area contributed by atoms with Gasteiger partial charge in [-0.25, -0.2) is 4.79 Å². The van der Waals surface area contributed by atoms with Crippen LogP contribution in [0.3, 0.4) is 0 Å². The molecule has 0 radical (unpaired) electrons. The molecule has 1 atom stereocenters. The van der Waals surface area contributed by atoms with E-state index in [2.05, 4.69) is 58.6 Å². The monoisotopic (exact) mass is 347 g/mol. The van der Waals surface area contributed by atoms with Gasteiger partial charge in [-0.3, -0.25) is 4.79 Å². The molecule has 0 saturated heterocycles. The van der Waals surface area contributed by atoms with Gasteiger partial charge in [-0.15, -0.1) is 0 Å². The minimum absolute atomic E-state index is 0.0254. The minimum atomic E-state index is -0.568. The van der Waals surface area contributed by atoms with Gasteiger partial charge in [0.25, 0.3) is 0 Å². The molecule has 0 saturated carbocycles. The molecule has 5 nitrogen and oxygen atoms in total. The number of hydrogen-bond donors (Lipinski definition) is 1. The number of hydrogen-bond acceptors (Lipinski definition) is 5. The lowest BCUT2D eigenvalue weighted by atomic mass is 9.61. The summed E-state index contributed by atoms with van der Waals surface area (Å²) in [6.07, 6.45) is 0.779. The number of carbonyl (C=O) groups excluding carboxylic acids is 2. The van der Waals surface area contributed by atoms with Crippen molar-refractivity contribution in [3.8, 4) is 0 Å². The predicted octanol–water partition coefficient (Wildman–Crippen LogP) is 4.32. The SMILES string of the molecule is CN(CCCOC(=O)C(C)(CC(C)(C)C)C(C)(C)C)C(=O)OS. The van der Waals surface area contributed by atoms with Crippen LogP contribution in [0.1, 0.15) is 61.3 Å². The lowest BCUT2D eigenvalue weighted by molar-refractivity contribution is -0.164. The Morgan fingerprint density at radius 3 is 1.96 bits per heavy atom. The van der Waals surface area contributed by atoms with Gasteiger partial charge in [-0.1, -0.05) is 41.5 Å². The van der Waals surface area contributed by atoms with E-state index in [-0.39, 0.29) is 23.4 Å². The summed E-state index contributed by atoms with van der Waals surface area (Å²) in [6.45, 7) is 15.3. The third kappa shape index (κ3) is 7.02. The Labute approximate surface area is 146 Å². The van der Waals surface area contributed by atoms with Crippen molar-refractivity contribution in [1.29, 1.82) is 0 Å². The maximum atomic E-state index is 12.7. The van der Waals surface area contributed by atoms with E-state index in [1.165, 1.54) is 4.90 Å². The standard InChI is InChI=1S/C17H33NO4S/c1-15(2,3)12-17(7,16(4,5)6)13(19)21-11-9-10-18(8)14(20)22-23/h23H,9-12H2,1-8H3. The van der Waals surface area contributed by atoms with Gasteiger partial charge >= 0.3 is 12.1 Å². The Hall–Kier alpha value is -0.910. The molecule has 0 aromatic rings. The highest BCUT2D eigenvalue weighted by atomic mass is 32.1. The number of carbonyl (C=O) groups is 2. The zero-order valence-electron chi connectivity index (χ0n) is 15.9. The van der Waals surface area contributed by atoms with Gasteiger partial charge in [0, 0.05) is 26.5 Å². The van der Waals surface area contributed by atoms with Gasteiger partial charge in [0.15, 0.2) is 0 Å². The van der Waals surface area contributed by atoms with E-state index >= 15 is 0 Å². The summed E-state index contributed by atoms with van der Waals surface area (Å²) in [5.41, 5.74) is -0.747. The minimum Gasteiger partial charge on any atom is -0.465 e. The quantitative estimate of drug-likeness (QED) is 0.336. The van der Waals surface area contributed by atoms with E-state index in [0.29, 0.717) is 13.0 Å². The fraction of sp³-hybridized carbons (Fsp3) is 0.882. The number of thiol groups is 1. The van der Waals surface area contributed by atoms with Crippen LogP contribution in [0, 0.1) is 16.2 Å². The molecule has 0 N–H and O–H groups in total. The Kier molecular flexibility index (Phi) is 7.94. The molecule has 0 bridgehead atoms. The fourth-order valence-electron chi connectivity index (χ4n) is 2.49. The molecule has 6 heteroatoms. The van der Waals surface area contributed by atoms with Crippen LogP contribution in [0.15, 0.2) is 0 Å². The highest BCUT2D eigenvalue weighted by Crippen LogP contribution is 2.47. The molecular weight excluding hydrogens is 314 g/mol. The van der Waals surface area contributed by atoms with Crippen molar-refractivity contribution in [2.45, 2.75) is 61.3 Å². The van der Waals surface area contributed by atoms with Gasteiger partial charge in [0.1, 0.15) is 0 Å². The smallest absolute Gasteiger partial charge is 0.421 e. The maximum absolute atomic E-state index is 12.7. The summed E-state index contributed by atoms with van der Waals surface area (Å²) in [4.78, 5) is 25.3. The number of amides is 1. The second kappa shape index (κ2) is 8.27. The summed E-state index contributed by atoms with van der Waals surface area (Å²) < 4.78 is 9.82. The number of esters is 1. The summed E-state index contributed by atoms with van der Waals surface area (Å²) >= 11 is 3.46.